The Bertz CT molecular complexity index is 1710. The van der Waals surface area contributed by atoms with Gasteiger partial charge in [0.05, 0.1) is 22.0 Å². The van der Waals surface area contributed by atoms with Gasteiger partial charge in [-0.1, -0.05) is 51.8 Å². The number of fused-ring (bicyclic) bond motifs is 1. The second-order valence-corrected chi connectivity index (χ2v) is 10.6. The Kier molecular flexibility index (Phi) is 9.05. The first-order valence-corrected chi connectivity index (χ1v) is 13.6. The third-order valence-electron chi connectivity index (χ3n) is 5.91. The average molecular weight is 675 g/mol. The molecule has 1 heterocycles. The van der Waals surface area contributed by atoms with Gasteiger partial charge < -0.3 is 10.1 Å². The van der Waals surface area contributed by atoms with Crippen LogP contribution in [0.4, 0.5) is 15.8 Å². The lowest BCUT2D eigenvalue weighted by Gasteiger charge is -2.14. The van der Waals surface area contributed by atoms with Crippen molar-refractivity contribution in [2.24, 2.45) is 5.10 Å². The number of amides is 1. The summed E-state index contributed by atoms with van der Waals surface area (Å²) in [5.74, 6) is -1.15. The summed E-state index contributed by atoms with van der Waals surface area (Å²) in [6.45, 7) is 3.26. The van der Waals surface area contributed by atoms with Crippen molar-refractivity contribution in [3.8, 4) is 5.75 Å². The molecule has 1 N–H and O–H groups in total. The number of hydrogen-bond donors (Lipinski definition) is 1. The van der Waals surface area contributed by atoms with Gasteiger partial charge in [0, 0.05) is 32.2 Å². The van der Waals surface area contributed by atoms with Gasteiger partial charge in [-0.3, -0.25) is 19.7 Å². The number of hydrogen-bond acceptors (Lipinski definition) is 7. The topological polar surface area (TPSA) is 129 Å². The van der Waals surface area contributed by atoms with E-state index in [0.29, 0.717) is 32.1 Å². The van der Waals surface area contributed by atoms with Gasteiger partial charge in [0.2, 0.25) is 5.75 Å². The Morgan fingerprint density at radius 1 is 1.23 bits per heavy atom. The number of nitrogens with zero attached hydrogens (tertiary/aromatic N) is 4. The van der Waals surface area contributed by atoms with E-state index in [0.717, 1.165) is 10.7 Å². The normalized spacial score (nSPS) is 12.0. The lowest BCUT2D eigenvalue weighted by Crippen LogP contribution is -2.24. The third-order valence-corrected chi connectivity index (χ3v) is 6.87. The van der Waals surface area contributed by atoms with E-state index in [1.165, 1.54) is 36.5 Å². The van der Waals surface area contributed by atoms with E-state index in [4.69, 9.17) is 4.74 Å². The molecule has 1 atom stereocenters. The number of aromatic nitrogens is 2. The maximum Gasteiger partial charge on any atom is 0.312 e. The predicted molar refractivity (Wildman–Crippen MR) is 157 cm³/mol. The quantitative estimate of drug-likeness (QED) is 0.125. The van der Waals surface area contributed by atoms with E-state index < -0.39 is 34.5 Å². The minimum Gasteiger partial charge on any atom is -0.476 e. The fraction of sp³-hybridized carbons (Fsp3) is 0.185. The first-order valence-electron chi connectivity index (χ1n) is 12.0. The number of halogens is 3. The number of carbonyl (C=O) groups is 1. The van der Waals surface area contributed by atoms with Crippen LogP contribution in [0.2, 0.25) is 0 Å². The number of benzene rings is 3. The fourth-order valence-electron chi connectivity index (χ4n) is 3.79. The minimum atomic E-state index is -0.662. The Morgan fingerprint density at radius 2 is 2.00 bits per heavy atom. The molecule has 0 spiro atoms. The molecule has 0 bridgehead atoms. The highest BCUT2D eigenvalue weighted by Crippen LogP contribution is 2.34. The van der Waals surface area contributed by atoms with Crippen molar-refractivity contribution in [1.82, 2.24) is 9.66 Å². The Hall–Kier alpha value is -3.97. The second kappa shape index (κ2) is 12.5. The molecule has 0 aliphatic carbocycles. The first kappa shape index (κ1) is 29.0. The van der Waals surface area contributed by atoms with Crippen LogP contribution in [0, 0.1) is 15.9 Å². The Labute approximate surface area is 244 Å². The highest BCUT2D eigenvalue weighted by atomic mass is 79.9. The van der Waals surface area contributed by atoms with E-state index in [-0.39, 0.29) is 22.9 Å². The molecule has 0 unspecified atom stereocenters. The summed E-state index contributed by atoms with van der Waals surface area (Å²) in [6.07, 6.45) is 1.93. The van der Waals surface area contributed by atoms with Crippen LogP contribution in [0.1, 0.15) is 37.6 Å². The van der Waals surface area contributed by atoms with Crippen LogP contribution in [-0.2, 0) is 4.79 Å². The standard InChI is InChI=1S/C27H22Br2FN5O5/c1-3-15(2)26-33-22-8-7-17(28)10-21(22)27(37)34(26)31-13-16-9-18(29)11-23(35(38)39)25(16)40-14-24(36)32-20-6-4-5-19(30)12-20/h4-13,15H,3,14H2,1-2H3,(H,32,36)/t15-/m0/s1. The number of nitro benzene ring substituents is 1. The molecule has 13 heteroatoms. The molecule has 4 rings (SSSR count). The molecule has 0 radical (unpaired) electrons. The molecular formula is C27H22Br2FN5O5. The molecule has 206 valence electrons. The SMILES string of the molecule is CC[C@H](C)c1nc2ccc(Br)cc2c(=O)n1N=Cc1cc(Br)cc([N+](=O)[O-])c1OCC(=O)Nc1cccc(F)c1. The van der Waals surface area contributed by atoms with E-state index in [9.17, 15) is 24.1 Å². The summed E-state index contributed by atoms with van der Waals surface area (Å²) in [5.41, 5.74) is 0.00848. The highest BCUT2D eigenvalue weighted by molar-refractivity contribution is 9.10. The molecule has 40 heavy (non-hydrogen) atoms. The van der Waals surface area contributed by atoms with Gasteiger partial charge in [-0.05, 0) is 48.9 Å². The van der Waals surface area contributed by atoms with Gasteiger partial charge in [0.15, 0.2) is 6.61 Å². The molecule has 0 fully saturated rings. The Morgan fingerprint density at radius 3 is 2.70 bits per heavy atom. The lowest BCUT2D eigenvalue weighted by atomic mass is 10.1. The summed E-state index contributed by atoms with van der Waals surface area (Å²) in [6, 6.07) is 13.2. The predicted octanol–water partition coefficient (Wildman–Crippen LogP) is 6.38. The van der Waals surface area contributed by atoms with Crippen LogP contribution < -0.4 is 15.6 Å². The minimum absolute atomic E-state index is 0.128. The number of carbonyl (C=O) groups excluding carboxylic acids is 1. The van der Waals surface area contributed by atoms with Crippen molar-refractivity contribution < 1.29 is 18.8 Å². The fourth-order valence-corrected chi connectivity index (χ4v) is 4.61. The van der Waals surface area contributed by atoms with Crippen molar-refractivity contribution in [3.63, 3.8) is 0 Å². The molecule has 0 aliphatic heterocycles. The maximum atomic E-state index is 13.5. The second-order valence-electron chi connectivity index (χ2n) is 8.75. The monoisotopic (exact) mass is 673 g/mol. The summed E-state index contributed by atoms with van der Waals surface area (Å²) in [4.78, 5) is 41.7. The summed E-state index contributed by atoms with van der Waals surface area (Å²) < 4.78 is 21.2. The van der Waals surface area contributed by atoms with Gasteiger partial charge in [-0.15, -0.1) is 0 Å². The molecule has 1 aromatic heterocycles. The number of anilines is 1. The molecule has 3 aromatic carbocycles. The van der Waals surface area contributed by atoms with Gasteiger partial charge >= 0.3 is 5.69 Å². The van der Waals surface area contributed by atoms with Crippen LogP contribution >= 0.6 is 31.9 Å². The van der Waals surface area contributed by atoms with Gasteiger partial charge in [-0.25, -0.2) is 9.37 Å². The molecule has 1 amide bonds. The molecule has 4 aromatic rings. The van der Waals surface area contributed by atoms with Crippen LogP contribution in [0.3, 0.4) is 0 Å². The lowest BCUT2D eigenvalue weighted by molar-refractivity contribution is -0.385. The smallest absolute Gasteiger partial charge is 0.312 e. The van der Waals surface area contributed by atoms with E-state index in [1.807, 2.05) is 13.8 Å². The number of nitrogens with one attached hydrogen (secondary N) is 1. The molecule has 10 nitrogen and oxygen atoms in total. The zero-order chi connectivity index (χ0) is 29.0. The summed E-state index contributed by atoms with van der Waals surface area (Å²) in [7, 11) is 0. The first-order chi connectivity index (χ1) is 19.1. The summed E-state index contributed by atoms with van der Waals surface area (Å²) in [5, 5.41) is 19.0. The van der Waals surface area contributed by atoms with Crippen molar-refractivity contribution in [1.29, 1.82) is 0 Å². The highest BCUT2D eigenvalue weighted by Gasteiger charge is 2.22. The Balaban J connectivity index is 1.74. The molecule has 0 saturated heterocycles. The number of nitro groups is 1. The third kappa shape index (κ3) is 6.59. The van der Waals surface area contributed by atoms with Crippen LogP contribution in [0.15, 0.2) is 73.4 Å². The van der Waals surface area contributed by atoms with Gasteiger partial charge in [-0.2, -0.15) is 9.78 Å². The van der Waals surface area contributed by atoms with Crippen LogP contribution in [0.25, 0.3) is 10.9 Å². The van der Waals surface area contributed by atoms with Gasteiger partial charge in [0.1, 0.15) is 11.6 Å². The molecule has 0 saturated carbocycles. The van der Waals surface area contributed by atoms with Crippen molar-refractivity contribution in [3.05, 3.63) is 101 Å². The van der Waals surface area contributed by atoms with E-state index in [1.54, 1.807) is 18.2 Å². The average Bonchev–Trinajstić information content (AvgIpc) is 2.91. The summed E-state index contributed by atoms with van der Waals surface area (Å²) >= 11 is 6.62. The number of ether oxygens (including phenoxy) is 1. The van der Waals surface area contributed by atoms with Crippen molar-refractivity contribution >= 4 is 66.3 Å². The largest absolute Gasteiger partial charge is 0.476 e. The molecule has 0 aliphatic rings. The van der Waals surface area contributed by atoms with Crippen molar-refractivity contribution in [2.45, 2.75) is 26.2 Å². The van der Waals surface area contributed by atoms with E-state index >= 15 is 0 Å². The zero-order valence-electron chi connectivity index (χ0n) is 21.2. The van der Waals surface area contributed by atoms with E-state index in [2.05, 4.69) is 47.3 Å². The van der Waals surface area contributed by atoms with Gasteiger partial charge in [0.25, 0.3) is 11.5 Å². The van der Waals surface area contributed by atoms with Crippen molar-refractivity contribution in [2.75, 3.05) is 11.9 Å². The van der Waals surface area contributed by atoms with Crippen LogP contribution in [-0.4, -0.2) is 33.3 Å². The maximum absolute atomic E-state index is 13.5. The molecular weight excluding hydrogens is 653 g/mol. The number of rotatable bonds is 9. The zero-order valence-corrected chi connectivity index (χ0v) is 24.4. The van der Waals surface area contributed by atoms with Crippen LogP contribution in [0.5, 0.6) is 5.75 Å².